The molecule has 0 spiro atoms. The molecule has 0 aliphatic heterocycles. The van der Waals surface area contributed by atoms with Gasteiger partial charge in [-0.1, -0.05) is 12.1 Å². The third-order valence-corrected chi connectivity index (χ3v) is 3.76. The number of benzene rings is 1. The molecule has 2 N–H and O–H groups in total. The van der Waals surface area contributed by atoms with E-state index in [0.717, 1.165) is 23.5 Å². The van der Waals surface area contributed by atoms with E-state index in [1.807, 2.05) is 25.1 Å². The molecule has 1 aromatic rings. The van der Waals surface area contributed by atoms with Gasteiger partial charge in [0.1, 0.15) is 5.75 Å². The number of alkyl halides is 3. The van der Waals surface area contributed by atoms with Crippen LogP contribution in [-0.4, -0.2) is 32.3 Å². The van der Waals surface area contributed by atoms with Crippen molar-refractivity contribution in [2.24, 2.45) is 10.9 Å². The second-order valence-corrected chi connectivity index (χ2v) is 6.08. The summed E-state index contributed by atoms with van der Waals surface area (Å²) in [7, 11) is 1.53. The van der Waals surface area contributed by atoms with E-state index in [1.165, 1.54) is 19.9 Å². The largest absolute Gasteiger partial charge is 0.493 e. The summed E-state index contributed by atoms with van der Waals surface area (Å²) in [6, 6.07) is 5.94. The SMILES string of the molecule is CN=C(NCCC(F)(F)F)NCc1ccc(C)cc1OCC1CC1. The lowest BCUT2D eigenvalue weighted by atomic mass is 10.1. The summed E-state index contributed by atoms with van der Waals surface area (Å²) in [5, 5.41) is 5.69. The van der Waals surface area contributed by atoms with Crippen LogP contribution < -0.4 is 15.4 Å². The number of nitrogens with zero attached hydrogens (tertiary/aromatic N) is 1. The quantitative estimate of drug-likeness (QED) is 0.589. The molecule has 4 nitrogen and oxygen atoms in total. The van der Waals surface area contributed by atoms with Crippen molar-refractivity contribution in [1.82, 2.24) is 10.6 Å². The molecule has 0 saturated heterocycles. The van der Waals surface area contributed by atoms with Gasteiger partial charge in [0.25, 0.3) is 0 Å². The van der Waals surface area contributed by atoms with Gasteiger partial charge in [0.05, 0.1) is 13.0 Å². The van der Waals surface area contributed by atoms with E-state index in [2.05, 4.69) is 15.6 Å². The number of hydrogen-bond donors (Lipinski definition) is 2. The molecule has 0 heterocycles. The molecule has 2 rings (SSSR count). The number of guanidine groups is 1. The van der Waals surface area contributed by atoms with Crippen molar-refractivity contribution in [3.8, 4) is 5.75 Å². The Morgan fingerprint density at radius 3 is 2.67 bits per heavy atom. The van der Waals surface area contributed by atoms with Crippen LogP contribution >= 0.6 is 0 Å². The fourth-order valence-electron chi connectivity index (χ4n) is 2.16. The highest BCUT2D eigenvalue weighted by Crippen LogP contribution is 2.30. The summed E-state index contributed by atoms with van der Waals surface area (Å²) in [5.41, 5.74) is 2.07. The van der Waals surface area contributed by atoms with Crippen LogP contribution in [0, 0.1) is 12.8 Å². The zero-order valence-corrected chi connectivity index (χ0v) is 14.0. The fraction of sp³-hybridized carbons (Fsp3) is 0.588. The topological polar surface area (TPSA) is 45.7 Å². The first-order chi connectivity index (χ1) is 11.4. The average Bonchev–Trinajstić information content (AvgIpc) is 3.33. The van der Waals surface area contributed by atoms with Gasteiger partial charge in [-0.2, -0.15) is 13.2 Å². The van der Waals surface area contributed by atoms with E-state index in [9.17, 15) is 13.2 Å². The molecule has 0 bridgehead atoms. The lowest BCUT2D eigenvalue weighted by Crippen LogP contribution is -2.38. The van der Waals surface area contributed by atoms with Gasteiger partial charge in [-0.05, 0) is 37.3 Å². The van der Waals surface area contributed by atoms with Gasteiger partial charge < -0.3 is 15.4 Å². The van der Waals surface area contributed by atoms with E-state index < -0.39 is 12.6 Å². The number of aliphatic imine (C=N–C) groups is 1. The summed E-state index contributed by atoms with van der Waals surface area (Å²) in [6.07, 6.45) is -2.63. The lowest BCUT2D eigenvalue weighted by molar-refractivity contribution is -0.132. The number of nitrogens with one attached hydrogen (secondary N) is 2. The van der Waals surface area contributed by atoms with Crippen molar-refractivity contribution >= 4 is 5.96 Å². The Morgan fingerprint density at radius 2 is 2.04 bits per heavy atom. The highest BCUT2D eigenvalue weighted by molar-refractivity contribution is 5.79. The average molecular weight is 343 g/mol. The van der Waals surface area contributed by atoms with Crippen LogP contribution in [0.5, 0.6) is 5.75 Å². The lowest BCUT2D eigenvalue weighted by Gasteiger charge is -2.16. The molecule has 1 aromatic carbocycles. The Bertz CT molecular complexity index is 569. The number of hydrogen-bond acceptors (Lipinski definition) is 2. The van der Waals surface area contributed by atoms with Crippen molar-refractivity contribution in [3.63, 3.8) is 0 Å². The van der Waals surface area contributed by atoms with Gasteiger partial charge in [-0.15, -0.1) is 0 Å². The molecule has 0 unspecified atom stereocenters. The van der Waals surface area contributed by atoms with Gasteiger partial charge in [-0.25, -0.2) is 0 Å². The van der Waals surface area contributed by atoms with Crippen LogP contribution in [0.3, 0.4) is 0 Å². The van der Waals surface area contributed by atoms with Crippen LogP contribution in [0.15, 0.2) is 23.2 Å². The van der Waals surface area contributed by atoms with Crippen LogP contribution in [0.1, 0.15) is 30.4 Å². The first-order valence-electron chi connectivity index (χ1n) is 8.11. The molecule has 24 heavy (non-hydrogen) atoms. The van der Waals surface area contributed by atoms with Gasteiger partial charge >= 0.3 is 6.18 Å². The second-order valence-electron chi connectivity index (χ2n) is 6.08. The Morgan fingerprint density at radius 1 is 1.29 bits per heavy atom. The molecule has 1 fully saturated rings. The monoisotopic (exact) mass is 343 g/mol. The molecule has 1 aliphatic rings. The third-order valence-electron chi connectivity index (χ3n) is 3.76. The van der Waals surface area contributed by atoms with Crippen LogP contribution in [0.4, 0.5) is 13.2 Å². The highest BCUT2D eigenvalue weighted by atomic mass is 19.4. The number of ether oxygens (including phenoxy) is 1. The van der Waals surface area contributed by atoms with Crippen molar-refractivity contribution < 1.29 is 17.9 Å². The maximum Gasteiger partial charge on any atom is 0.390 e. The predicted molar refractivity (Wildman–Crippen MR) is 88.3 cm³/mol. The maximum atomic E-state index is 12.2. The molecule has 0 radical (unpaired) electrons. The Kier molecular flexibility index (Phi) is 6.34. The van der Waals surface area contributed by atoms with Crippen LogP contribution in [0.25, 0.3) is 0 Å². The minimum Gasteiger partial charge on any atom is -0.493 e. The first-order valence-corrected chi connectivity index (χ1v) is 8.11. The summed E-state index contributed by atoms with van der Waals surface area (Å²) in [4.78, 5) is 3.94. The number of halogens is 3. The van der Waals surface area contributed by atoms with E-state index >= 15 is 0 Å². The smallest absolute Gasteiger partial charge is 0.390 e. The minimum atomic E-state index is -4.17. The van der Waals surface area contributed by atoms with Crippen LogP contribution in [0.2, 0.25) is 0 Å². The fourth-order valence-corrected chi connectivity index (χ4v) is 2.16. The molecule has 1 aliphatic carbocycles. The van der Waals surface area contributed by atoms with Gasteiger partial charge in [-0.3, -0.25) is 4.99 Å². The molecular weight excluding hydrogens is 319 g/mol. The Hall–Kier alpha value is -1.92. The van der Waals surface area contributed by atoms with Gasteiger partial charge in [0, 0.05) is 25.7 Å². The molecule has 0 amide bonds. The third kappa shape index (κ3) is 6.68. The zero-order valence-electron chi connectivity index (χ0n) is 14.0. The maximum absolute atomic E-state index is 12.2. The van der Waals surface area contributed by atoms with E-state index in [0.29, 0.717) is 18.4 Å². The van der Waals surface area contributed by atoms with E-state index in [4.69, 9.17) is 4.74 Å². The van der Waals surface area contributed by atoms with Gasteiger partial charge in [0.2, 0.25) is 0 Å². The molecular formula is C17H24F3N3O. The summed E-state index contributed by atoms with van der Waals surface area (Å²) < 4.78 is 42.5. The van der Waals surface area contributed by atoms with Crippen LogP contribution in [-0.2, 0) is 6.54 Å². The highest BCUT2D eigenvalue weighted by Gasteiger charge is 2.26. The predicted octanol–water partition coefficient (Wildman–Crippen LogP) is 3.40. The van der Waals surface area contributed by atoms with Crippen molar-refractivity contribution in [3.05, 3.63) is 29.3 Å². The van der Waals surface area contributed by atoms with Gasteiger partial charge in [0.15, 0.2) is 5.96 Å². The van der Waals surface area contributed by atoms with E-state index in [-0.39, 0.29) is 6.54 Å². The van der Waals surface area contributed by atoms with Crippen molar-refractivity contribution in [2.75, 3.05) is 20.2 Å². The summed E-state index contributed by atoms with van der Waals surface area (Å²) in [6.45, 7) is 2.95. The van der Waals surface area contributed by atoms with E-state index in [1.54, 1.807) is 0 Å². The summed E-state index contributed by atoms with van der Waals surface area (Å²) in [5.74, 6) is 1.82. The number of rotatable bonds is 7. The molecule has 134 valence electrons. The standard InChI is InChI=1S/C17H24F3N3O/c1-12-3-6-14(15(9-12)24-11-13-4-5-13)10-23-16(21-2)22-8-7-17(18,19)20/h3,6,9,13H,4-5,7-8,10-11H2,1-2H3,(H2,21,22,23). The molecule has 0 atom stereocenters. The zero-order chi connectivity index (χ0) is 17.6. The minimum absolute atomic E-state index is 0.206. The first kappa shape index (κ1) is 18.4. The Balaban J connectivity index is 1.86. The van der Waals surface area contributed by atoms with Crippen molar-refractivity contribution in [1.29, 1.82) is 0 Å². The summed E-state index contributed by atoms with van der Waals surface area (Å²) >= 11 is 0. The normalized spacial score (nSPS) is 15.3. The number of aryl methyl sites for hydroxylation is 1. The molecule has 1 saturated carbocycles. The Labute approximate surface area is 140 Å². The second kappa shape index (κ2) is 8.26. The molecule has 7 heteroatoms. The van der Waals surface area contributed by atoms with Crippen molar-refractivity contribution in [2.45, 2.75) is 38.9 Å². The molecule has 0 aromatic heterocycles.